The monoisotopic (exact) mass is 190 g/mol. The number of ketones is 1. The lowest BCUT2D eigenvalue weighted by Gasteiger charge is -1.85. The molecule has 0 unspecified atom stereocenters. The van der Waals surface area contributed by atoms with E-state index >= 15 is 0 Å². The van der Waals surface area contributed by atoms with Gasteiger partial charge in [-0.25, -0.2) is 4.79 Å². The Morgan fingerprint density at radius 2 is 1.54 bits per heavy atom. The average molecular weight is 190 g/mol. The number of carboxylic acids is 2. The lowest BCUT2D eigenvalue weighted by molar-refractivity contribution is -0.148. The first-order chi connectivity index (χ1) is 5.91. The molecule has 76 valence electrons. The van der Waals surface area contributed by atoms with E-state index in [0.29, 0.717) is 6.42 Å². The van der Waals surface area contributed by atoms with Crippen LogP contribution in [-0.2, 0) is 14.4 Å². The number of Topliss-reactive ketones (excluding diaryl/α,β-unsaturated/α-hetero) is 1. The number of unbranched alkanes of at least 4 members (excludes halogenated alkanes) is 1. The van der Waals surface area contributed by atoms with E-state index in [1.165, 1.54) is 0 Å². The van der Waals surface area contributed by atoms with Crippen LogP contribution in [0.2, 0.25) is 0 Å². The summed E-state index contributed by atoms with van der Waals surface area (Å²) in [5, 5.41) is 15.7. The van der Waals surface area contributed by atoms with Crippen molar-refractivity contribution in [3.63, 3.8) is 0 Å². The minimum atomic E-state index is -1.38. The maximum absolute atomic E-state index is 9.76. The van der Waals surface area contributed by atoms with Crippen molar-refractivity contribution in [2.24, 2.45) is 0 Å². The third-order valence-corrected chi connectivity index (χ3v) is 1.05. The quantitative estimate of drug-likeness (QED) is 0.643. The zero-order chi connectivity index (χ0) is 10.9. The zero-order valence-corrected chi connectivity index (χ0v) is 7.74. The second-order valence-corrected chi connectivity index (χ2v) is 2.36. The highest BCUT2D eigenvalue weighted by atomic mass is 16.4. The van der Waals surface area contributed by atoms with Gasteiger partial charge in [0.15, 0.2) is 0 Å². The van der Waals surface area contributed by atoms with E-state index in [1.807, 2.05) is 6.92 Å². The minimum Gasteiger partial charge on any atom is -0.481 e. The normalized spacial score (nSPS) is 8.15. The Kier molecular flexibility index (Phi) is 9.48. The standard InChI is InChI=1S/C5H10O2.C3H4O3/c1-2-3-4-5(6)7;1-2(4)3(5)6/h2-4H2,1H3,(H,6,7);1H3,(H,5,6). The summed E-state index contributed by atoms with van der Waals surface area (Å²) in [4.78, 5) is 28.7. The third kappa shape index (κ3) is 18.0. The summed E-state index contributed by atoms with van der Waals surface area (Å²) in [6, 6.07) is 0. The Morgan fingerprint density at radius 1 is 1.15 bits per heavy atom. The molecule has 2 N–H and O–H groups in total. The molecule has 0 heterocycles. The Balaban J connectivity index is 0. The topological polar surface area (TPSA) is 91.7 Å². The van der Waals surface area contributed by atoms with E-state index in [0.717, 1.165) is 19.8 Å². The molecule has 0 aliphatic carbocycles. The molecular formula is C8H14O5. The molecule has 0 saturated heterocycles. The molecular weight excluding hydrogens is 176 g/mol. The Labute approximate surface area is 76.4 Å². The maximum Gasteiger partial charge on any atom is 0.371 e. The predicted octanol–water partition coefficient (Wildman–Crippen LogP) is 0.921. The number of carbonyl (C=O) groups excluding carboxylic acids is 1. The van der Waals surface area contributed by atoms with Crippen molar-refractivity contribution in [1.82, 2.24) is 0 Å². The van der Waals surface area contributed by atoms with Crippen LogP contribution in [0.4, 0.5) is 0 Å². The molecule has 0 spiro atoms. The van der Waals surface area contributed by atoms with Gasteiger partial charge in [-0.05, 0) is 6.42 Å². The van der Waals surface area contributed by atoms with E-state index in [9.17, 15) is 14.4 Å². The minimum absolute atomic E-state index is 0.316. The van der Waals surface area contributed by atoms with Crippen molar-refractivity contribution < 1.29 is 24.6 Å². The highest BCUT2D eigenvalue weighted by molar-refractivity contribution is 6.31. The number of carboxylic acid groups (broad SMARTS) is 2. The van der Waals surface area contributed by atoms with Gasteiger partial charge >= 0.3 is 11.9 Å². The van der Waals surface area contributed by atoms with Crippen molar-refractivity contribution in [2.75, 3.05) is 0 Å². The molecule has 0 aromatic rings. The van der Waals surface area contributed by atoms with Gasteiger partial charge in [-0.3, -0.25) is 9.59 Å². The average Bonchev–Trinajstić information content (AvgIpc) is 2.01. The van der Waals surface area contributed by atoms with Crippen LogP contribution in [-0.4, -0.2) is 27.9 Å². The van der Waals surface area contributed by atoms with Gasteiger partial charge in [-0.1, -0.05) is 13.3 Å². The Bertz CT molecular complexity index is 173. The van der Waals surface area contributed by atoms with Crippen LogP contribution >= 0.6 is 0 Å². The van der Waals surface area contributed by atoms with Crippen LogP contribution in [0.5, 0.6) is 0 Å². The van der Waals surface area contributed by atoms with E-state index in [4.69, 9.17) is 10.2 Å². The molecule has 0 radical (unpaired) electrons. The van der Waals surface area contributed by atoms with Crippen molar-refractivity contribution in [2.45, 2.75) is 33.1 Å². The van der Waals surface area contributed by atoms with Gasteiger partial charge in [0.25, 0.3) is 0 Å². The lowest BCUT2D eigenvalue weighted by atomic mass is 10.3. The molecule has 13 heavy (non-hydrogen) atoms. The lowest BCUT2D eigenvalue weighted by Crippen LogP contribution is -2.05. The molecule has 0 aliphatic heterocycles. The SMILES string of the molecule is CC(=O)C(=O)O.CCCCC(=O)O. The first-order valence-electron chi connectivity index (χ1n) is 3.87. The summed E-state index contributed by atoms with van der Waals surface area (Å²) in [5.41, 5.74) is 0. The van der Waals surface area contributed by atoms with Gasteiger partial charge < -0.3 is 10.2 Å². The fourth-order valence-corrected chi connectivity index (χ4v) is 0.328. The first-order valence-corrected chi connectivity index (χ1v) is 3.87. The van der Waals surface area contributed by atoms with E-state index in [-0.39, 0.29) is 0 Å². The van der Waals surface area contributed by atoms with Gasteiger partial charge in [0.2, 0.25) is 5.78 Å². The summed E-state index contributed by atoms with van der Waals surface area (Å²) in [7, 11) is 0. The van der Waals surface area contributed by atoms with Crippen molar-refractivity contribution in [1.29, 1.82) is 0 Å². The van der Waals surface area contributed by atoms with Crippen LogP contribution in [0.15, 0.2) is 0 Å². The number of rotatable bonds is 4. The molecule has 0 atom stereocenters. The molecule has 0 amide bonds. The van der Waals surface area contributed by atoms with Gasteiger partial charge in [-0.15, -0.1) is 0 Å². The van der Waals surface area contributed by atoms with Gasteiger partial charge in [0.05, 0.1) is 0 Å². The Hall–Kier alpha value is -1.39. The maximum atomic E-state index is 9.76. The Morgan fingerprint density at radius 3 is 1.62 bits per heavy atom. The van der Waals surface area contributed by atoms with E-state index in [1.54, 1.807) is 0 Å². The highest BCUT2D eigenvalue weighted by Gasteiger charge is 1.99. The molecule has 0 aliphatic rings. The fraction of sp³-hybridized carbons (Fsp3) is 0.625. The van der Waals surface area contributed by atoms with Crippen LogP contribution < -0.4 is 0 Å². The van der Waals surface area contributed by atoms with Crippen LogP contribution in [0, 0.1) is 0 Å². The second-order valence-electron chi connectivity index (χ2n) is 2.36. The van der Waals surface area contributed by atoms with Crippen LogP contribution in [0.1, 0.15) is 33.1 Å². The molecule has 5 nitrogen and oxygen atoms in total. The molecule has 0 saturated carbocycles. The highest BCUT2D eigenvalue weighted by Crippen LogP contribution is 1.91. The molecule has 0 aromatic carbocycles. The van der Waals surface area contributed by atoms with Crippen molar-refractivity contribution in [3.8, 4) is 0 Å². The molecule has 0 aromatic heterocycles. The summed E-state index contributed by atoms with van der Waals surface area (Å²) < 4.78 is 0. The predicted molar refractivity (Wildman–Crippen MR) is 45.5 cm³/mol. The summed E-state index contributed by atoms with van der Waals surface area (Å²) >= 11 is 0. The van der Waals surface area contributed by atoms with Crippen LogP contribution in [0.3, 0.4) is 0 Å². The summed E-state index contributed by atoms with van der Waals surface area (Å²) in [5.74, 6) is -2.90. The van der Waals surface area contributed by atoms with Gasteiger partial charge in [0, 0.05) is 13.3 Å². The smallest absolute Gasteiger partial charge is 0.371 e. The van der Waals surface area contributed by atoms with Crippen molar-refractivity contribution in [3.05, 3.63) is 0 Å². The van der Waals surface area contributed by atoms with Crippen LogP contribution in [0.25, 0.3) is 0 Å². The molecule has 0 rings (SSSR count). The molecule has 0 fully saturated rings. The zero-order valence-electron chi connectivity index (χ0n) is 7.74. The largest absolute Gasteiger partial charge is 0.481 e. The summed E-state index contributed by atoms with van der Waals surface area (Å²) in [6.07, 6.45) is 2.08. The van der Waals surface area contributed by atoms with E-state index < -0.39 is 17.7 Å². The number of carbonyl (C=O) groups is 3. The van der Waals surface area contributed by atoms with Gasteiger partial charge in [0.1, 0.15) is 0 Å². The van der Waals surface area contributed by atoms with Gasteiger partial charge in [-0.2, -0.15) is 0 Å². The molecule has 0 bridgehead atoms. The number of hydrogen-bond acceptors (Lipinski definition) is 3. The first kappa shape index (κ1) is 14.2. The fourth-order valence-electron chi connectivity index (χ4n) is 0.328. The summed E-state index contributed by atoms with van der Waals surface area (Å²) in [6.45, 7) is 2.98. The van der Waals surface area contributed by atoms with E-state index in [2.05, 4.69) is 0 Å². The number of aliphatic carboxylic acids is 2. The molecule has 5 heteroatoms. The second kappa shape index (κ2) is 8.70. The van der Waals surface area contributed by atoms with Crippen molar-refractivity contribution >= 4 is 17.7 Å². The third-order valence-electron chi connectivity index (χ3n) is 1.05. The number of hydrogen-bond donors (Lipinski definition) is 2.